The molecule has 7 heteroatoms. The van der Waals surface area contributed by atoms with Gasteiger partial charge in [-0.2, -0.15) is 0 Å². The predicted molar refractivity (Wildman–Crippen MR) is 87.2 cm³/mol. The molecule has 0 bridgehead atoms. The van der Waals surface area contributed by atoms with Crippen LogP contribution < -0.4 is 15.5 Å². The van der Waals surface area contributed by atoms with Crippen LogP contribution in [0.4, 0.5) is 16.5 Å². The van der Waals surface area contributed by atoms with Crippen molar-refractivity contribution in [1.82, 2.24) is 4.98 Å². The molecule has 0 saturated carbocycles. The number of thiazole rings is 1. The highest BCUT2D eigenvalue weighted by molar-refractivity contribution is 7.13. The Balaban J connectivity index is 1.85. The number of carbonyl (C=O) groups excluding carboxylic acids is 2. The standard InChI is InChI=1S/C15H16N4O2S/c1-15(2)13(21)19(11-6-4-3-5-10(11)18-15)9-12(20)17-14-16-7-8-22-14/h3-8,18H,9H2,1-2H3,(H,16,17,20). The minimum atomic E-state index is -0.754. The normalized spacial score (nSPS) is 15.9. The van der Waals surface area contributed by atoms with Crippen LogP contribution in [-0.2, 0) is 9.59 Å². The van der Waals surface area contributed by atoms with Gasteiger partial charge in [-0.3, -0.25) is 14.5 Å². The van der Waals surface area contributed by atoms with Gasteiger partial charge in [0.15, 0.2) is 5.13 Å². The van der Waals surface area contributed by atoms with Crippen molar-refractivity contribution in [2.75, 3.05) is 22.1 Å². The Morgan fingerprint density at radius 2 is 2.18 bits per heavy atom. The van der Waals surface area contributed by atoms with Gasteiger partial charge in [0.25, 0.3) is 5.91 Å². The second kappa shape index (κ2) is 5.42. The highest BCUT2D eigenvalue weighted by Crippen LogP contribution is 2.34. The molecule has 2 amide bonds. The summed E-state index contributed by atoms with van der Waals surface area (Å²) in [6.45, 7) is 3.56. The van der Waals surface area contributed by atoms with E-state index in [1.165, 1.54) is 16.2 Å². The van der Waals surface area contributed by atoms with Crippen LogP contribution >= 0.6 is 11.3 Å². The van der Waals surface area contributed by atoms with Crippen molar-refractivity contribution >= 4 is 39.7 Å². The van der Waals surface area contributed by atoms with Crippen LogP contribution in [0.2, 0.25) is 0 Å². The molecule has 2 heterocycles. The summed E-state index contributed by atoms with van der Waals surface area (Å²) < 4.78 is 0. The molecule has 0 saturated heterocycles. The maximum atomic E-state index is 12.6. The van der Waals surface area contributed by atoms with E-state index >= 15 is 0 Å². The number of nitrogens with one attached hydrogen (secondary N) is 2. The second-order valence-electron chi connectivity index (χ2n) is 5.54. The molecule has 2 N–H and O–H groups in total. The lowest BCUT2D eigenvalue weighted by Crippen LogP contribution is -2.55. The van der Waals surface area contributed by atoms with Crippen molar-refractivity contribution in [3.63, 3.8) is 0 Å². The Morgan fingerprint density at radius 3 is 2.91 bits per heavy atom. The Labute approximate surface area is 132 Å². The fourth-order valence-corrected chi connectivity index (χ4v) is 2.94. The lowest BCUT2D eigenvalue weighted by molar-refractivity contribution is -0.124. The number of aromatic nitrogens is 1. The molecular weight excluding hydrogens is 300 g/mol. The van der Waals surface area contributed by atoms with Crippen LogP contribution in [0.25, 0.3) is 0 Å². The average molecular weight is 316 g/mol. The predicted octanol–water partition coefficient (Wildman–Crippen LogP) is 2.32. The van der Waals surface area contributed by atoms with E-state index in [4.69, 9.17) is 0 Å². The van der Waals surface area contributed by atoms with Gasteiger partial charge in [-0.1, -0.05) is 12.1 Å². The fraction of sp³-hybridized carbons (Fsp3) is 0.267. The summed E-state index contributed by atoms with van der Waals surface area (Å²) >= 11 is 1.34. The van der Waals surface area contributed by atoms with E-state index in [2.05, 4.69) is 15.6 Å². The summed E-state index contributed by atoms with van der Waals surface area (Å²) in [5.41, 5.74) is 0.797. The molecule has 1 aromatic carbocycles. The highest BCUT2D eigenvalue weighted by Gasteiger charge is 2.39. The van der Waals surface area contributed by atoms with Gasteiger partial charge in [0.05, 0.1) is 11.4 Å². The second-order valence-corrected chi connectivity index (χ2v) is 6.44. The van der Waals surface area contributed by atoms with Gasteiger partial charge in [0, 0.05) is 11.6 Å². The monoisotopic (exact) mass is 316 g/mol. The molecular formula is C15H16N4O2S. The van der Waals surface area contributed by atoms with Crippen LogP contribution in [0.15, 0.2) is 35.8 Å². The van der Waals surface area contributed by atoms with Crippen LogP contribution in [0.5, 0.6) is 0 Å². The van der Waals surface area contributed by atoms with Crippen LogP contribution in [0, 0.1) is 0 Å². The van der Waals surface area contributed by atoms with E-state index in [9.17, 15) is 9.59 Å². The van der Waals surface area contributed by atoms with Crippen LogP contribution in [-0.4, -0.2) is 28.9 Å². The number of hydrogen-bond acceptors (Lipinski definition) is 5. The Morgan fingerprint density at radius 1 is 1.41 bits per heavy atom. The summed E-state index contributed by atoms with van der Waals surface area (Å²) in [4.78, 5) is 30.3. The van der Waals surface area contributed by atoms with Gasteiger partial charge in [-0.05, 0) is 26.0 Å². The van der Waals surface area contributed by atoms with Crippen LogP contribution in [0.1, 0.15) is 13.8 Å². The first kappa shape index (κ1) is 14.5. The SMILES string of the molecule is CC1(C)Nc2ccccc2N(CC(=O)Nc2nccs2)C1=O. The summed E-state index contributed by atoms with van der Waals surface area (Å²) in [6, 6.07) is 7.46. The van der Waals surface area contributed by atoms with E-state index in [0.717, 1.165) is 5.69 Å². The lowest BCUT2D eigenvalue weighted by atomic mass is 9.98. The molecule has 22 heavy (non-hydrogen) atoms. The number of benzene rings is 1. The topological polar surface area (TPSA) is 74.3 Å². The van der Waals surface area contributed by atoms with Gasteiger partial charge in [-0.15, -0.1) is 11.3 Å². The number of hydrogen-bond donors (Lipinski definition) is 2. The smallest absolute Gasteiger partial charge is 0.252 e. The zero-order valence-corrected chi connectivity index (χ0v) is 13.1. The van der Waals surface area contributed by atoms with Crippen molar-refractivity contribution in [3.05, 3.63) is 35.8 Å². The minimum Gasteiger partial charge on any atom is -0.370 e. The maximum Gasteiger partial charge on any atom is 0.252 e. The molecule has 1 aliphatic rings. The molecule has 0 fully saturated rings. The third-order valence-electron chi connectivity index (χ3n) is 3.40. The first-order chi connectivity index (χ1) is 10.5. The first-order valence-corrected chi connectivity index (χ1v) is 7.74. The van der Waals surface area contributed by atoms with E-state index < -0.39 is 5.54 Å². The van der Waals surface area contributed by atoms with Crippen molar-refractivity contribution in [2.24, 2.45) is 0 Å². The van der Waals surface area contributed by atoms with Crippen molar-refractivity contribution in [3.8, 4) is 0 Å². The van der Waals surface area contributed by atoms with E-state index in [0.29, 0.717) is 10.8 Å². The van der Waals surface area contributed by atoms with Gasteiger partial charge in [0.2, 0.25) is 5.91 Å². The Kier molecular flexibility index (Phi) is 3.58. The Bertz CT molecular complexity index is 712. The molecule has 0 radical (unpaired) electrons. The van der Waals surface area contributed by atoms with Gasteiger partial charge >= 0.3 is 0 Å². The molecule has 0 spiro atoms. The zero-order chi connectivity index (χ0) is 15.7. The average Bonchev–Trinajstić information content (AvgIpc) is 2.96. The summed E-state index contributed by atoms with van der Waals surface area (Å²) in [5, 5.41) is 8.21. The van der Waals surface area contributed by atoms with Crippen molar-refractivity contribution in [1.29, 1.82) is 0 Å². The number of para-hydroxylation sites is 2. The number of anilines is 3. The van der Waals surface area contributed by atoms with E-state index in [-0.39, 0.29) is 18.4 Å². The number of carbonyl (C=O) groups is 2. The summed E-state index contributed by atoms with van der Waals surface area (Å²) in [6.07, 6.45) is 1.62. The van der Waals surface area contributed by atoms with Crippen molar-refractivity contribution in [2.45, 2.75) is 19.4 Å². The maximum absolute atomic E-state index is 12.6. The quantitative estimate of drug-likeness (QED) is 0.911. The van der Waals surface area contributed by atoms with Crippen LogP contribution in [0.3, 0.4) is 0 Å². The number of fused-ring (bicyclic) bond motifs is 1. The van der Waals surface area contributed by atoms with E-state index in [1.54, 1.807) is 25.4 Å². The molecule has 6 nitrogen and oxygen atoms in total. The summed E-state index contributed by atoms with van der Waals surface area (Å²) in [5.74, 6) is -0.406. The molecule has 3 rings (SSSR count). The van der Waals surface area contributed by atoms with Crippen molar-refractivity contribution < 1.29 is 9.59 Å². The molecule has 1 aromatic heterocycles. The third-order valence-corrected chi connectivity index (χ3v) is 4.09. The first-order valence-electron chi connectivity index (χ1n) is 6.86. The third kappa shape index (κ3) is 2.67. The highest BCUT2D eigenvalue weighted by atomic mass is 32.1. The van der Waals surface area contributed by atoms with Gasteiger partial charge in [-0.25, -0.2) is 4.98 Å². The number of rotatable bonds is 3. The minimum absolute atomic E-state index is 0.0411. The fourth-order valence-electron chi connectivity index (χ4n) is 2.40. The van der Waals surface area contributed by atoms with Gasteiger partial charge < -0.3 is 10.6 Å². The molecule has 0 aliphatic carbocycles. The molecule has 0 atom stereocenters. The molecule has 2 aromatic rings. The van der Waals surface area contributed by atoms with Gasteiger partial charge in [0.1, 0.15) is 12.1 Å². The molecule has 1 aliphatic heterocycles. The number of amides is 2. The number of nitrogens with zero attached hydrogens (tertiary/aromatic N) is 2. The van der Waals surface area contributed by atoms with E-state index in [1.807, 2.05) is 24.3 Å². The summed E-state index contributed by atoms with van der Waals surface area (Å²) in [7, 11) is 0. The Hall–Kier alpha value is -2.41. The lowest BCUT2D eigenvalue weighted by Gasteiger charge is -2.39. The zero-order valence-electron chi connectivity index (χ0n) is 12.3. The molecule has 0 unspecified atom stereocenters. The molecule has 114 valence electrons. The largest absolute Gasteiger partial charge is 0.370 e.